The van der Waals surface area contributed by atoms with Gasteiger partial charge in [-0.25, -0.2) is 9.59 Å². The van der Waals surface area contributed by atoms with Gasteiger partial charge in [-0.1, -0.05) is 59.3 Å². The summed E-state index contributed by atoms with van der Waals surface area (Å²) in [5.41, 5.74) is -0.789. The Morgan fingerprint density at radius 2 is 1.39 bits per heavy atom. The monoisotopic (exact) mass is 515 g/mol. The number of amides is 3. The van der Waals surface area contributed by atoms with Crippen molar-refractivity contribution in [3.05, 3.63) is 0 Å². The molecule has 0 aliphatic rings. The Labute approximate surface area is 216 Å². The fourth-order valence-corrected chi connectivity index (χ4v) is 3.60. The van der Waals surface area contributed by atoms with E-state index >= 15 is 0 Å². The maximum atomic E-state index is 13.1. The molecule has 10 heteroatoms. The SMILES string of the molecule is CCCCCCCC[C@@H](NC(=O)[C@@H](CC(C)C)NC(=O)[C@@H](NC(=O)OC(C)(C)C)[C@@H](C)O)C(=O)OC. The van der Waals surface area contributed by atoms with Crippen molar-refractivity contribution in [1.29, 1.82) is 0 Å². The first kappa shape index (κ1) is 33.6. The minimum atomic E-state index is -1.33. The summed E-state index contributed by atoms with van der Waals surface area (Å²) in [7, 11) is 1.27. The molecule has 0 aliphatic heterocycles. The van der Waals surface area contributed by atoms with E-state index < -0.39 is 53.7 Å². The molecule has 0 aromatic heterocycles. The van der Waals surface area contributed by atoms with Gasteiger partial charge in [-0.2, -0.15) is 0 Å². The Morgan fingerprint density at radius 3 is 1.89 bits per heavy atom. The molecule has 210 valence electrons. The van der Waals surface area contributed by atoms with Crippen LogP contribution in [0.3, 0.4) is 0 Å². The van der Waals surface area contributed by atoms with Gasteiger partial charge in [-0.3, -0.25) is 9.59 Å². The first-order valence-electron chi connectivity index (χ1n) is 13.1. The van der Waals surface area contributed by atoms with Gasteiger partial charge in [0, 0.05) is 0 Å². The number of hydrogen-bond donors (Lipinski definition) is 4. The van der Waals surface area contributed by atoms with Gasteiger partial charge in [0.15, 0.2) is 0 Å². The fourth-order valence-electron chi connectivity index (χ4n) is 3.60. The summed E-state index contributed by atoms with van der Waals surface area (Å²) in [6.45, 7) is 12.3. The summed E-state index contributed by atoms with van der Waals surface area (Å²) in [5.74, 6) is -1.76. The summed E-state index contributed by atoms with van der Waals surface area (Å²) in [6.07, 6.45) is 4.84. The smallest absolute Gasteiger partial charge is 0.408 e. The molecule has 0 heterocycles. The average Bonchev–Trinajstić information content (AvgIpc) is 2.75. The molecule has 0 aromatic carbocycles. The van der Waals surface area contributed by atoms with Gasteiger partial charge in [0.05, 0.1) is 13.2 Å². The molecule has 0 saturated carbocycles. The van der Waals surface area contributed by atoms with E-state index in [4.69, 9.17) is 9.47 Å². The van der Waals surface area contributed by atoms with E-state index in [0.29, 0.717) is 12.8 Å². The summed E-state index contributed by atoms with van der Waals surface area (Å²) < 4.78 is 10.0. The highest BCUT2D eigenvalue weighted by Crippen LogP contribution is 2.12. The quantitative estimate of drug-likeness (QED) is 0.183. The Hall–Kier alpha value is -2.36. The number of aliphatic hydroxyl groups is 1. The van der Waals surface area contributed by atoms with Crippen LogP contribution in [0.25, 0.3) is 0 Å². The van der Waals surface area contributed by atoms with E-state index in [9.17, 15) is 24.3 Å². The summed E-state index contributed by atoms with van der Waals surface area (Å²) >= 11 is 0. The van der Waals surface area contributed by atoms with Crippen LogP contribution in [0.15, 0.2) is 0 Å². The van der Waals surface area contributed by atoms with Crippen LogP contribution in [0.2, 0.25) is 0 Å². The summed E-state index contributed by atoms with van der Waals surface area (Å²) in [6, 6.07) is -3.13. The number of alkyl carbamates (subject to hydrolysis) is 1. The van der Waals surface area contributed by atoms with Crippen LogP contribution in [0, 0.1) is 5.92 Å². The molecule has 0 bridgehead atoms. The molecule has 0 unspecified atom stereocenters. The molecule has 0 fully saturated rings. The predicted octanol–water partition coefficient (Wildman–Crippen LogP) is 3.20. The fraction of sp³-hybridized carbons (Fsp3) is 0.846. The second-order valence-corrected chi connectivity index (χ2v) is 10.7. The topological polar surface area (TPSA) is 143 Å². The zero-order valence-electron chi connectivity index (χ0n) is 23.4. The molecule has 0 saturated heterocycles. The lowest BCUT2D eigenvalue weighted by Gasteiger charge is -2.27. The van der Waals surface area contributed by atoms with E-state index in [1.807, 2.05) is 13.8 Å². The highest BCUT2D eigenvalue weighted by atomic mass is 16.6. The standard InChI is InChI=1S/C26H49N3O7/c1-9-10-11-12-13-14-15-19(24(33)35-8)27-22(31)20(16-17(2)3)28-23(32)21(18(4)30)29-25(34)36-26(5,6)7/h17-21,30H,9-16H2,1-8H3,(H,27,31)(H,28,32)(H,29,34)/t18-,19-,20-,21+/m1/s1. The third-order valence-electron chi connectivity index (χ3n) is 5.43. The van der Waals surface area contributed by atoms with Gasteiger partial charge >= 0.3 is 12.1 Å². The number of ether oxygens (including phenoxy) is 2. The molecule has 4 N–H and O–H groups in total. The molecule has 0 aromatic rings. The van der Waals surface area contributed by atoms with Gasteiger partial charge in [-0.05, 0) is 46.5 Å². The molecule has 4 atom stereocenters. The molecule has 36 heavy (non-hydrogen) atoms. The minimum absolute atomic E-state index is 0.0417. The molecule has 0 rings (SSSR count). The van der Waals surface area contributed by atoms with Crippen molar-refractivity contribution in [2.24, 2.45) is 5.92 Å². The zero-order valence-corrected chi connectivity index (χ0v) is 23.4. The normalized spacial score (nSPS) is 14.8. The Morgan fingerprint density at radius 1 is 0.833 bits per heavy atom. The summed E-state index contributed by atoms with van der Waals surface area (Å²) in [4.78, 5) is 50.5. The highest BCUT2D eigenvalue weighted by molar-refractivity contribution is 5.93. The number of carbonyl (C=O) groups excluding carboxylic acids is 4. The Balaban J connectivity index is 5.33. The second kappa shape index (κ2) is 17.2. The van der Waals surface area contributed by atoms with Crippen molar-refractivity contribution in [1.82, 2.24) is 16.0 Å². The van der Waals surface area contributed by atoms with E-state index in [-0.39, 0.29) is 5.92 Å². The number of rotatable bonds is 16. The van der Waals surface area contributed by atoms with Crippen LogP contribution in [0.4, 0.5) is 4.79 Å². The maximum Gasteiger partial charge on any atom is 0.408 e. The van der Waals surface area contributed by atoms with E-state index in [1.165, 1.54) is 20.5 Å². The third-order valence-corrected chi connectivity index (χ3v) is 5.43. The van der Waals surface area contributed by atoms with E-state index in [0.717, 1.165) is 32.1 Å². The number of esters is 1. The molecular weight excluding hydrogens is 466 g/mol. The number of unbranched alkanes of at least 4 members (excludes halogenated alkanes) is 5. The second-order valence-electron chi connectivity index (χ2n) is 10.7. The molecule has 3 amide bonds. The van der Waals surface area contributed by atoms with Gasteiger partial charge in [0.2, 0.25) is 11.8 Å². The van der Waals surface area contributed by atoms with Crippen molar-refractivity contribution < 1.29 is 33.8 Å². The lowest BCUT2D eigenvalue weighted by molar-refractivity contribution is -0.145. The lowest BCUT2D eigenvalue weighted by Crippen LogP contribution is -2.58. The van der Waals surface area contributed by atoms with Crippen molar-refractivity contribution in [2.75, 3.05) is 7.11 Å². The number of nitrogens with one attached hydrogen (secondary N) is 3. The van der Waals surface area contributed by atoms with Crippen molar-refractivity contribution in [2.45, 2.75) is 130 Å². The predicted molar refractivity (Wildman–Crippen MR) is 138 cm³/mol. The first-order valence-corrected chi connectivity index (χ1v) is 13.1. The number of carbonyl (C=O) groups is 4. The van der Waals surface area contributed by atoms with E-state index in [2.05, 4.69) is 22.9 Å². The summed E-state index contributed by atoms with van der Waals surface area (Å²) in [5, 5.41) is 17.8. The van der Waals surface area contributed by atoms with Crippen LogP contribution >= 0.6 is 0 Å². The van der Waals surface area contributed by atoms with Gasteiger partial charge in [-0.15, -0.1) is 0 Å². The molecular formula is C26H49N3O7. The molecule has 0 aliphatic carbocycles. The van der Waals surface area contributed by atoms with Crippen LogP contribution in [-0.4, -0.2) is 65.9 Å². The first-order chi connectivity index (χ1) is 16.7. The zero-order chi connectivity index (χ0) is 27.9. The van der Waals surface area contributed by atoms with Crippen molar-refractivity contribution >= 4 is 23.9 Å². The maximum absolute atomic E-state index is 13.1. The average molecular weight is 516 g/mol. The molecule has 0 radical (unpaired) electrons. The van der Waals surface area contributed by atoms with Crippen molar-refractivity contribution in [3.8, 4) is 0 Å². The van der Waals surface area contributed by atoms with Crippen LogP contribution < -0.4 is 16.0 Å². The van der Waals surface area contributed by atoms with Gasteiger partial charge < -0.3 is 30.5 Å². The lowest BCUT2D eigenvalue weighted by atomic mass is 10.0. The third kappa shape index (κ3) is 14.9. The number of aliphatic hydroxyl groups excluding tert-OH is 1. The van der Waals surface area contributed by atoms with Crippen LogP contribution in [0.1, 0.15) is 99.8 Å². The van der Waals surface area contributed by atoms with Gasteiger partial charge in [0.1, 0.15) is 23.7 Å². The Kier molecular flexibility index (Phi) is 16.0. The minimum Gasteiger partial charge on any atom is -0.467 e. The van der Waals surface area contributed by atoms with Gasteiger partial charge in [0.25, 0.3) is 0 Å². The van der Waals surface area contributed by atoms with Crippen LogP contribution in [0.5, 0.6) is 0 Å². The van der Waals surface area contributed by atoms with Crippen LogP contribution in [-0.2, 0) is 23.9 Å². The number of hydrogen-bond acceptors (Lipinski definition) is 7. The Bertz CT molecular complexity index is 690. The molecule has 10 nitrogen and oxygen atoms in total. The largest absolute Gasteiger partial charge is 0.467 e. The highest BCUT2D eigenvalue weighted by Gasteiger charge is 2.33. The van der Waals surface area contributed by atoms with E-state index in [1.54, 1.807) is 20.8 Å². The molecule has 0 spiro atoms. The number of methoxy groups -OCH3 is 1. The van der Waals surface area contributed by atoms with Crippen molar-refractivity contribution in [3.63, 3.8) is 0 Å².